The van der Waals surface area contributed by atoms with Crippen LogP contribution in [0, 0.1) is 5.92 Å². The van der Waals surface area contributed by atoms with Gasteiger partial charge in [-0.1, -0.05) is 25.5 Å². The van der Waals surface area contributed by atoms with Gasteiger partial charge < -0.3 is 5.11 Å². The minimum absolute atomic E-state index is 0.381. The summed E-state index contributed by atoms with van der Waals surface area (Å²) in [6.07, 6.45) is 5.02. The SMILES string of the molecule is CC1=CC[C@](O)(C(C)C)CC1. The second kappa shape index (κ2) is 2.98. The van der Waals surface area contributed by atoms with E-state index >= 15 is 0 Å². The summed E-state index contributed by atoms with van der Waals surface area (Å²) in [6, 6.07) is 0. The molecule has 1 heteroatoms. The predicted octanol–water partition coefficient (Wildman–Crippen LogP) is 2.50. The Morgan fingerprint density at radius 1 is 1.55 bits per heavy atom. The maximum absolute atomic E-state index is 10.0. The summed E-state index contributed by atoms with van der Waals surface area (Å²) in [4.78, 5) is 0. The lowest BCUT2D eigenvalue weighted by atomic mass is 9.78. The van der Waals surface area contributed by atoms with Crippen LogP contribution in [-0.2, 0) is 0 Å². The highest BCUT2D eigenvalue weighted by molar-refractivity contribution is 5.08. The van der Waals surface area contributed by atoms with Gasteiger partial charge in [-0.3, -0.25) is 0 Å². The summed E-state index contributed by atoms with van der Waals surface area (Å²) in [6.45, 7) is 6.32. The molecule has 0 aromatic carbocycles. The smallest absolute Gasteiger partial charge is 0.0707 e. The summed E-state index contributed by atoms with van der Waals surface area (Å²) >= 11 is 0. The molecule has 0 aromatic heterocycles. The zero-order valence-corrected chi connectivity index (χ0v) is 7.72. The van der Waals surface area contributed by atoms with Crippen LogP contribution >= 0.6 is 0 Å². The molecule has 0 bridgehead atoms. The van der Waals surface area contributed by atoms with Gasteiger partial charge in [0.25, 0.3) is 0 Å². The molecule has 0 aromatic rings. The maximum atomic E-state index is 10.0. The summed E-state index contributed by atoms with van der Waals surface area (Å²) in [5.74, 6) is 0.381. The Morgan fingerprint density at radius 3 is 2.55 bits per heavy atom. The van der Waals surface area contributed by atoms with E-state index in [1.165, 1.54) is 5.57 Å². The first-order chi connectivity index (χ1) is 5.04. The highest BCUT2D eigenvalue weighted by atomic mass is 16.3. The largest absolute Gasteiger partial charge is 0.389 e. The van der Waals surface area contributed by atoms with Crippen molar-refractivity contribution in [2.75, 3.05) is 0 Å². The van der Waals surface area contributed by atoms with E-state index < -0.39 is 5.60 Å². The third-order valence-electron chi connectivity index (χ3n) is 2.83. The number of hydrogen-bond acceptors (Lipinski definition) is 1. The molecule has 0 unspecified atom stereocenters. The van der Waals surface area contributed by atoms with E-state index in [9.17, 15) is 5.11 Å². The zero-order chi connectivity index (χ0) is 8.48. The summed E-state index contributed by atoms with van der Waals surface area (Å²) in [5.41, 5.74) is 1.01. The molecule has 0 radical (unpaired) electrons. The minimum Gasteiger partial charge on any atom is -0.389 e. The number of hydrogen-bond donors (Lipinski definition) is 1. The van der Waals surface area contributed by atoms with E-state index in [1.54, 1.807) is 0 Å². The van der Waals surface area contributed by atoms with E-state index in [2.05, 4.69) is 26.8 Å². The van der Waals surface area contributed by atoms with Crippen LogP contribution in [0.5, 0.6) is 0 Å². The highest BCUT2D eigenvalue weighted by Crippen LogP contribution is 2.32. The third-order valence-corrected chi connectivity index (χ3v) is 2.83. The normalized spacial score (nSPS) is 32.3. The van der Waals surface area contributed by atoms with Crippen LogP contribution in [0.1, 0.15) is 40.0 Å². The highest BCUT2D eigenvalue weighted by Gasteiger charge is 2.31. The second-order valence-corrected chi connectivity index (χ2v) is 4.01. The first-order valence-corrected chi connectivity index (χ1v) is 4.42. The molecule has 1 N–H and O–H groups in total. The fourth-order valence-corrected chi connectivity index (χ4v) is 1.49. The third kappa shape index (κ3) is 1.84. The molecule has 1 atom stereocenters. The van der Waals surface area contributed by atoms with Crippen molar-refractivity contribution < 1.29 is 5.11 Å². The molecular weight excluding hydrogens is 136 g/mol. The van der Waals surface area contributed by atoms with Crippen LogP contribution in [0.2, 0.25) is 0 Å². The molecule has 0 saturated carbocycles. The number of rotatable bonds is 1. The Bertz CT molecular complexity index is 170. The molecule has 64 valence electrons. The standard InChI is InChI=1S/C10H18O/c1-8(2)10(11)6-4-9(3)5-7-10/h4,8,11H,5-7H2,1-3H3/t10-/m1/s1. The predicted molar refractivity (Wildman–Crippen MR) is 47.4 cm³/mol. The topological polar surface area (TPSA) is 20.2 Å². The average molecular weight is 154 g/mol. The minimum atomic E-state index is -0.417. The quantitative estimate of drug-likeness (QED) is 0.575. The number of aliphatic hydroxyl groups is 1. The average Bonchev–Trinajstić information content (AvgIpc) is 1.95. The Balaban J connectivity index is 2.64. The van der Waals surface area contributed by atoms with Gasteiger partial charge >= 0.3 is 0 Å². The van der Waals surface area contributed by atoms with Gasteiger partial charge in [0.2, 0.25) is 0 Å². The van der Waals surface area contributed by atoms with Crippen LogP contribution in [0.25, 0.3) is 0 Å². The Morgan fingerprint density at radius 2 is 2.18 bits per heavy atom. The molecule has 0 saturated heterocycles. The van der Waals surface area contributed by atoms with Crippen LogP contribution in [0.3, 0.4) is 0 Å². The van der Waals surface area contributed by atoms with Gasteiger partial charge in [0, 0.05) is 0 Å². The molecule has 0 heterocycles. The van der Waals surface area contributed by atoms with Crippen molar-refractivity contribution in [3.63, 3.8) is 0 Å². The van der Waals surface area contributed by atoms with Crippen LogP contribution in [0.4, 0.5) is 0 Å². The van der Waals surface area contributed by atoms with Gasteiger partial charge in [-0.05, 0) is 32.1 Å². The van der Waals surface area contributed by atoms with E-state index in [0.717, 1.165) is 19.3 Å². The van der Waals surface area contributed by atoms with Crippen molar-refractivity contribution in [3.8, 4) is 0 Å². The van der Waals surface area contributed by atoms with Gasteiger partial charge in [-0.25, -0.2) is 0 Å². The molecule has 11 heavy (non-hydrogen) atoms. The lowest BCUT2D eigenvalue weighted by Gasteiger charge is -2.34. The lowest BCUT2D eigenvalue weighted by molar-refractivity contribution is -0.0140. The summed E-state index contributed by atoms with van der Waals surface area (Å²) in [5, 5.41) is 10.0. The molecule has 0 aliphatic heterocycles. The fraction of sp³-hybridized carbons (Fsp3) is 0.800. The van der Waals surface area contributed by atoms with Crippen molar-refractivity contribution >= 4 is 0 Å². The van der Waals surface area contributed by atoms with Crippen molar-refractivity contribution in [1.82, 2.24) is 0 Å². The van der Waals surface area contributed by atoms with Crippen LogP contribution < -0.4 is 0 Å². The van der Waals surface area contributed by atoms with Crippen LogP contribution in [0.15, 0.2) is 11.6 Å². The van der Waals surface area contributed by atoms with Gasteiger partial charge in [-0.15, -0.1) is 0 Å². The van der Waals surface area contributed by atoms with E-state index in [0.29, 0.717) is 5.92 Å². The second-order valence-electron chi connectivity index (χ2n) is 4.01. The first kappa shape index (κ1) is 8.79. The summed E-state index contributed by atoms with van der Waals surface area (Å²) < 4.78 is 0. The Kier molecular flexibility index (Phi) is 2.38. The fourth-order valence-electron chi connectivity index (χ4n) is 1.49. The zero-order valence-electron chi connectivity index (χ0n) is 7.72. The molecule has 1 nitrogen and oxygen atoms in total. The lowest BCUT2D eigenvalue weighted by Crippen LogP contribution is -2.36. The molecule has 0 spiro atoms. The van der Waals surface area contributed by atoms with Crippen molar-refractivity contribution in [1.29, 1.82) is 0 Å². The Labute approximate surface area is 69.1 Å². The molecule has 0 fully saturated rings. The van der Waals surface area contributed by atoms with Gasteiger partial charge in [0.05, 0.1) is 5.60 Å². The van der Waals surface area contributed by atoms with Gasteiger partial charge in [0.15, 0.2) is 0 Å². The molecule has 1 aliphatic carbocycles. The van der Waals surface area contributed by atoms with E-state index in [4.69, 9.17) is 0 Å². The summed E-state index contributed by atoms with van der Waals surface area (Å²) in [7, 11) is 0. The van der Waals surface area contributed by atoms with Crippen LogP contribution in [-0.4, -0.2) is 10.7 Å². The maximum Gasteiger partial charge on any atom is 0.0707 e. The molecule has 1 aliphatic rings. The first-order valence-electron chi connectivity index (χ1n) is 4.42. The molecular formula is C10H18O. The van der Waals surface area contributed by atoms with E-state index in [-0.39, 0.29) is 0 Å². The molecule has 0 amide bonds. The van der Waals surface area contributed by atoms with Crippen molar-refractivity contribution in [2.45, 2.75) is 45.6 Å². The molecule has 1 rings (SSSR count). The van der Waals surface area contributed by atoms with E-state index in [1.807, 2.05) is 0 Å². The van der Waals surface area contributed by atoms with Gasteiger partial charge in [0.1, 0.15) is 0 Å². The Hall–Kier alpha value is -0.300. The van der Waals surface area contributed by atoms with Crippen molar-refractivity contribution in [2.24, 2.45) is 5.92 Å². The monoisotopic (exact) mass is 154 g/mol. The van der Waals surface area contributed by atoms with Gasteiger partial charge in [-0.2, -0.15) is 0 Å². The van der Waals surface area contributed by atoms with Crippen molar-refractivity contribution in [3.05, 3.63) is 11.6 Å². The number of allylic oxidation sites excluding steroid dienone is 1.